The fraction of sp³-hybridized carbons (Fsp3) is 0.273. The molecule has 0 saturated heterocycles. The topological polar surface area (TPSA) is 65.4 Å². The molecule has 1 spiro atoms. The van der Waals surface area contributed by atoms with Gasteiger partial charge in [-0.15, -0.1) is 0 Å². The molecule has 28 heavy (non-hydrogen) atoms. The average molecular weight is 438 g/mol. The van der Waals surface area contributed by atoms with Crippen molar-refractivity contribution in [3.63, 3.8) is 0 Å². The van der Waals surface area contributed by atoms with Crippen molar-refractivity contribution in [1.82, 2.24) is 5.32 Å². The summed E-state index contributed by atoms with van der Waals surface area (Å²) in [6.07, 6.45) is 4.10. The first-order valence-corrected chi connectivity index (χ1v) is 9.87. The number of amides is 1. The number of anilines is 1. The lowest BCUT2D eigenvalue weighted by molar-refractivity contribution is -0.120. The van der Waals surface area contributed by atoms with Gasteiger partial charge in [-0.3, -0.25) is 4.79 Å². The smallest absolute Gasteiger partial charge is 0.240 e. The van der Waals surface area contributed by atoms with Crippen molar-refractivity contribution < 1.29 is 9.53 Å². The normalized spacial score (nSPS) is 20.9. The molecule has 0 radical (unpaired) electrons. The number of ether oxygens (including phenoxy) is 1. The predicted molar refractivity (Wildman–Crippen MR) is 112 cm³/mol. The SMILES string of the molecule is CC1(C)c2ccccc2N(CC(=O)NCC#N)[C@@]12C=Cc1ccc(Br)cc1O2. The fourth-order valence-electron chi connectivity index (χ4n) is 4.11. The molecule has 142 valence electrons. The third-order valence-corrected chi connectivity index (χ3v) is 6.05. The second-order valence-corrected chi connectivity index (χ2v) is 8.39. The number of carbonyl (C=O) groups excluding carboxylic acids is 1. The van der Waals surface area contributed by atoms with Crippen LogP contribution in [0, 0.1) is 11.3 Å². The van der Waals surface area contributed by atoms with Gasteiger partial charge in [0.25, 0.3) is 0 Å². The van der Waals surface area contributed by atoms with E-state index in [0.717, 1.165) is 27.0 Å². The number of carbonyl (C=O) groups is 1. The molecule has 1 atom stereocenters. The summed E-state index contributed by atoms with van der Waals surface area (Å²) in [5.74, 6) is 0.547. The average Bonchev–Trinajstić information content (AvgIpc) is 2.85. The van der Waals surface area contributed by atoms with E-state index in [1.807, 2.05) is 53.4 Å². The summed E-state index contributed by atoms with van der Waals surface area (Å²) >= 11 is 3.52. The van der Waals surface area contributed by atoms with Gasteiger partial charge >= 0.3 is 0 Å². The Morgan fingerprint density at radius 3 is 2.86 bits per heavy atom. The summed E-state index contributed by atoms with van der Waals surface area (Å²) in [4.78, 5) is 14.5. The van der Waals surface area contributed by atoms with Crippen LogP contribution >= 0.6 is 15.9 Å². The Hall–Kier alpha value is -2.78. The zero-order valence-electron chi connectivity index (χ0n) is 15.7. The molecule has 0 bridgehead atoms. The first kappa shape index (κ1) is 18.6. The minimum Gasteiger partial charge on any atom is -0.463 e. The zero-order valence-corrected chi connectivity index (χ0v) is 17.3. The van der Waals surface area contributed by atoms with Crippen LogP contribution in [0.4, 0.5) is 5.69 Å². The first-order valence-electron chi connectivity index (χ1n) is 9.08. The van der Waals surface area contributed by atoms with Crippen LogP contribution in [0.15, 0.2) is 53.0 Å². The number of rotatable bonds is 3. The highest BCUT2D eigenvalue weighted by Crippen LogP contribution is 2.54. The number of benzene rings is 2. The molecule has 1 amide bonds. The van der Waals surface area contributed by atoms with Gasteiger partial charge in [-0.25, -0.2) is 0 Å². The molecule has 0 fully saturated rings. The molecule has 0 aromatic heterocycles. The molecule has 2 aliphatic rings. The van der Waals surface area contributed by atoms with Crippen LogP contribution in [0.1, 0.15) is 25.0 Å². The molecule has 4 rings (SSSR count). The van der Waals surface area contributed by atoms with Crippen molar-refractivity contribution >= 4 is 33.6 Å². The van der Waals surface area contributed by atoms with Crippen molar-refractivity contribution in [3.05, 3.63) is 64.1 Å². The summed E-state index contributed by atoms with van der Waals surface area (Å²) in [6.45, 7) is 4.34. The van der Waals surface area contributed by atoms with Crippen molar-refractivity contribution in [2.24, 2.45) is 0 Å². The van der Waals surface area contributed by atoms with E-state index in [0.29, 0.717) is 0 Å². The summed E-state index contributed by atoms with van der Waals surface area (Å²) < 4.78 is 7.57. The van der Waals surface area contributed by atoms with Gasteiger partial charge < -0.3 is 15.0 Å². The predicted octanol–water partition coefficient (Wildman–Crippen LogP) is 3.99. The third kappa shape index (κ3) is 2.70. The molecule has 1 N–H and O–H groups in total. The molecule has 5 nitrogen and oxygen atoms in total. The van der Waals surface area contributed by atoms with Crippen LogP contribution in [0.5, 0.6) is 5.75 Å². The van der Waals surface area contributed by atoms with Gasteiger partial charge in [-0.1, -0.05) is 40.2 Å². The minimum atomic E-state index is -0.853. The molecule has 2 aliphatic heterocycles. The number of hydrogen-bond acceptors (Lipinski definition) is 4. The summed E-state index contributed by atoms with van der Waals surface area (Å²) in [5.41, 5.74) is 1.81. The highest BCUT2D eigenvalue weighted by Gasteiger charge is 2.59. The van der Waals surface area contributed by atoms with E-state index in [-0.39, 0.29) is 19.0 Å². The molecule has 6 heteroatoms. The van der Waals surface area contributed by atoms with E-state index in [1.54, 1.807) is 0 Å². The number of nitriles is 1. The van der Waals surface area contributed by atoms with E-state index < -0.39 is 11.1 Å². The largest absolute Gasteiger partial charge is 0.463 e. The van der Waals surface area contributed by atoms with Crippen LogP contribution in [-0.4, -0.2) is 24.7 Å². The van der Waals surface area contributed by atoms with Crippen LogP contribution in [0.2, 0.25) is 0 Å². The Morgan fingerprint density at radius 1 is 1.29 bits per heavy atom. The summed E-state index contributed by atoms with van der Waals surface area (Å²) in [7, 11) is 0. The van der Waals surface area contributed by atoms with Crippen molar-refractivity contribution in [2.45, 2.75) is 25.0 Å². The molecule has 2 aromatic carbocycles. The number of hydrogen-bond donors (Lipinski definition) is 1. The molecule has 0 saturated carbocycles. The lowest BCUT2D eigenvalue weighted by atomic mass is 9.76. The zero-order chi connectivity index (χ0) is 19.9. The lowest BCUT2D eigenvalue weighted by Gasteiger charge is -2.46. The van der Waals surface area contributed by atoms with Crippen LogP contribution in [0.25, 0.3) is 6.08 Å². The number of nitrogens with one attached hydrogen (secondary N) is 1. The van der Waals surface area contributed by atoms with Gasteiger partial charge in [-0.05, 0) is 49.8 Å². The van der Waals surface area contributed by atoms with E-state index in [9.17, 15) is 4.79 Å². The molecule has 2 aromatic rings. The molecular formula is C22H20BrN3O2. The lowest BCUT2D eigenvalue weighted by Crippen LogP contribution is -2.61. The Bertz CT molecular complexity index is 1020. The van der Waals surface area contributed by atoms with Gasteiger partial charge in [0.15, 0.2) is 0 Å². The maximum absolute atomic E-state index is 12.5. The number of para-hydroxylation sites is 1. The molecule has 2 heterocycles. The number of fused-ring (bicyclic) bond motifs is 2. The van der Waals surface area contributed by atoms with Gasteiger partial charge in [-0.2, -0.15) is 5.26 Å². The van der Waals surface area contributed by atoms with E-state index >= 15 is 0 Å². The summed E-state index contributed by atoms with van der Waals surface area (Å²) in [5, 5.41) is 11.4. The molecular weight excluding hydrogens is 418 g/mol. The van der Waals surface area contributed by atoms with Gasteiger partial charge in [0, 0.05) is 15.7 Å². The minimum absolute atomic E-state index is 0.0167. The standard InChI is InChI=1S/C22H20BrN3O2/c1-21(2)17-5-3-4-6-18(17)26(14-20(27)25-12-11-24)22(21)10-9-15-7-8-16(23)13-19(15)28-22/h3-10,13H,12,14H2,1-2H3,(H,25,27)/t22-/m1/s1. The van der Waals surface area contributed by atoms with Crippen LogP contribution < -0.4 is 15.0 Å². The van der Waals surface area contributed by atoms with Crippen LogP contribution in [-0.2, 0) is 10.2 Å². The maximum Gasteiger partial charge on any atom is 0.240 e. The van der Waals surface area contributed by atoms with E-state index in [4.69, 9.17) is 10.00 Å². The maximum atomic E-state index is 12.5. The Labute approximate surface area is 172 Å². The highest BCUT2D eigenvalue weighted by molar-refractivity contribution is 9.10. The monoisotopic (exact) mass is 437 g/mol. The van der Waals surface area contributed by atoms with Gasteiger partial charge in [0.1, 0.15) is 18.8 Å². The van der Waals surface area contributed by atoms with E-state index in [1.165, 1.54) is 0 Å². The molecule has 0 aliphatic carbocycles. The van der Waals surface area contributed by atoms with Crippen molar-refractivity contribution in [3.8, 4) is 11.8 Å². The first-order chi connectivity index (χ1) is 13.4. The number of nitrogens with zero attached hydrogens (tertiary/aromatic N) is 2. The second-order valence-electron chi connectivity index (χ2n) is 7.48. The van der Waals surface area contributed by atoms with E-state index in [2.05, 4.69) is 47.2 Å². The second kappa shape index (κ2) is 6.68. The van der Waals surface area contributed by atoms with Gasteiger partial charge in [0.2, 0.25) is 11.6 Å². The van der Waals surface area contributed by atoms with Gasteiger partial charge in [0.05, 0.1) is 11.5 Å². The van der Waals surface area contributed by atoms with Crippen LogP contribution in [0.3, 0.4) is 0 Å². The fourth-order valence-corrected chi connectivity index (χ4v) is 4.45. The quantitative estimate of drug-likeness (QED) is 0.737. The molecule has 0 unspecified atom stereocenters. The highest BCUT2D eigenvalue weighted by atomic mass is 79.9. The number of halogens is 1. The van der Waals surface area contributed by atoms with Crippen molar-refractivity contribution in [2.75, 3.05) is 18.0 Å². The Morgan fingerprint density at radius 2 is 2.07 bits per heavy atom. The third-order valence-electron chi connectivity index (χ3n) is 5.56. The Balaban J connectivity index is 1.82. The summed E-state index contributed by atoms with van der Waals surface area (Å²) in [6, 6.07) is 15.9. The Kier molecular flexibility index (Phi) is 4.43. The van der Waals surface area contributed by atoms with Crippen molar-refractivity contribution in [1.29, 1.82) is 5.26 Å².